The summed E-state index contributed by atoms with van der Waals surface area (Å²) in [6.45, 7) is 7.30. The van der Waals surface area contributed by atoms with Gasteiger partial charge in [0.05, 0.1) is 19.2 Å². The van der Waals surface area contributed by atoms with Crippen LogP contribution in [0.5, 0.6) is 5.75 Å². The second-order valence-corrected chi connectivity index (χ2v) is 4.19. The SMILES string of the molecule is CCCNCC(=O)c1ccc(C)c(C)c1OC. The van der Waals surface area contributed by atoms with E-state index >= 15 is 0 Å². The molecule has 1 N–H and O–H groups in total. The van der Waals surface area contributed by atoms with Gasteiger partial charge in [0.1, 0.15) is 5.75 Å². The van der Waals surface area contributed by atoms with E-state index in [9.17, 15) is 4.79 Å². The number of hydrogen-bond acceptors (Lipinski definition) is 3. The lowest BCUT2D eigenvalue weighted by molar-refractivity contribution is 0.0988. The van der Waals surface area contributed by atoms with Crippen LogP contribution in [0.25, 0.3) is 0 Å². The molecule has 3 heteroatoms. The highest BCUT2D eigenvalue weighted by Gasteiger charge is 2.14. The van der Waals surface area contributed by atoms with E-state index in [-0.39, 0.29) is 5.78 Å². The molecule has 0 aliphatic heterocycles. The maximum Gasteiger partial charge on any atom is 0.180 e. The number of rotatable bonds is 6. The van der Waals surface area contributed by atoms with Crippen LogP contribution in [0, 0.1) is 13.8 Å². The number of aryl methyl sites for hydroxylation is 1. The Labute approximate surface area is 103 Å². The molecule has 0 saturated carbocycles. The number of methoxy groups -OCH3 is 1. The highest BCUT2D eigenvalue weighted by molar-refractivity contribution is 6.00. The molecule has 3 nitrogen and oxygen atoms in total. The van der Waals surface area contributed by atoms with Gasteiger partial charge in [0.2, 0.25) is 0 Å². The van der Waals surface area contributed by atoms with E-state index in [1.807, 2.05) is 26.0 Å². The molecule has 1 aromatic carbocycles. The maximum absolute atomic E-state index is 12.0. The Morgan fingerprint density at radius 3 is 2.65 bits per heavy atom. The van der Waals surface area contributed by atoms with Crippen molar-refractivity contribution in [3.05, 3.63) is 28.8 Å². The van der Waals surface area contributed by atoms with E-state index in [4.69, 9.17) is 4.74 Å². The second kappa shape index (κ2) is 6.40. The second-order valence-electron chi connectivity index (χ2n) is 4.19. The van der Waals surface area contributed by atoms with Crippen LogP contribution in [0.15, 0.2) is 12.1 Å². The lowest BCUT2D eigenvalue weighted by Crippen LogP contribution is -2.24. The summed E-state index contributed by atoms with van der Waals surface area (Å²) >= 11 is 0. The molecule has 0 amide bonds. The minimum Gasteiger partial charge on any atom is -0.496 e. The van der Waals surface area contributed by atoms with Gasteiger partial charge in [-0.25, -0.2) is 0 Å². The van der Waals surface area contributed by atoms with Crippen molar-refractivity contribution >= 4 is 5.78 Å². The largest absolute Gasteiger partial charge is 0.496 e. The molecule has 94 valence electrons. The zero-order chi connectivity index (χ0) is 12.8. The van der Waals surface area contributed by atoms with Crippen molar-refractivity contribution < 1.29 is 9.53 Å². The molecule has 17 heavy (non-hydrogen) atoms. The zero-order valence-corrected chi connectivity index (χ0v) is 11.1. The highest BCUT2D eigenvalue weighted by Crippen LogP contribution is 2.26. The van der Waals surface area contributed by atoms with Crippen molar-refractivity contribution in [2.24, 2.45) is 0 Å². The minimum absolute atomic E-state index is 0.0819. The fourth-order valence-corrected chi connectivity index (χ4v) is 1.75. The summed E-state index contributed by atoms with van der Waals surface area (Å²) < 4.78 is 5.34. The van der Waals surface area contributed by atoms with Crippen LogP contribution in [-0.4, -0.2) is 26.0 Å². The van der Waals surface area contributed by atoms with E-state index in [0.717, 1.165) is 24.1 Å². The van der Waals surface area contributed by atoms with Crippen molar-refractivity contribution in [3.8, 4) is 5.75 Å². The normalized spacial score (nSPS) is 10.4. The van der Waals surface area contributed by atoms with Crippen LogP contribution in [0.1, 0.15) is 34.8 Å². The summed E-state index contributed by atoms with van der Waals surface area (Å²) in [6.07, 6.45) is 1.03. The molecule has 0 unspecified atom stereocenters. The molecule has 0 fully saturated rings. The molecule has 0 heterocycles. The third kappa shape index (κ3) is 3.30. The van der Waals surface area contributed by atoms with Gasteiger partial charge in [0, 0.05) is 0 Å². The van der Waals surface area contributed by atoms with E-state index in [1.54, 1.807) is 7.11 Å². The first-order valence-corrected chi connectivity index (χ1v) is 5.99. The quantitative estimate of drug-likeness (QED) is 0.608. The number of carbonyl (C=O) groups is 1. The Balaban J connectivity index is 2.90. The topological polar surface area (TPSA) is 38.3 Å². The van der Waals surface area contributed by atoms with Crippen molar-refractivity contribution in [1.82, 2.24) is 5.32 Å². The highest BCUT2D eigenvalue weighted by atomic mass is 16.5. The van der Waals surface area contributed by atoms with Crippen LogP contribution < -0.4 is 10.1 Å². The number of Topliss-reactive ketones (excluding diaryl/α,β-unsaturated/α-hetero) is 1. The number of nitrogens with one attached hydrogen (secondary N) is 1. The van der Waals surface area contributed by atoms with Crippen LogP contribution in [0.2, 0.25) is 0 Å². The average molecular weight is 235 g/mol. The number of hydrogen-bond donors (Lipinski definition) is 1. The van der Waals surface area contributed by atoms with Gasteiger partial charge >= 0.3 is 0 Å². The molecule has 1 aromatic rings. The van der Waals surface area contributed by atoms with Crippen LogP contribution in [0.3, 0.4) is 0 Å². The van der Waals surface area contributed by atoms with Gasteiger partial charge in [-0.05, 0) is 44.0 Å². The molecule has 0 aliphatic carbocycles. The Morgan fingerprint density at radius 2 is 2.06 bits per heavy atom. The molecule has 0 saturated heterocycles. The molecule has 0 aromatic heterocycles. The summed E-state index contributed by atoms with van der Waals surface area (Å²) in [6, 6.07) is 3.81. The smallest absolute Gasteiger partial charge is 0.180 e. The molecular formula is C14H21NO2. The van der Waals surface area contributed by atoms with E-state index < -0.39 is 0 Å². The van der Waals surface area contributed by atoms with Gasteiger partial charge in [-0.3, -0.25) is 4.79 Å². The van der Waals surface area contributed by atoms with Gasteiger partial charge in [-0.15, -0.1) is 0 Å². The first-order valence-electron chi connectivity index (χ1n) is 5.99. The zero-order valence-electron chi connectivity index (χ0n) is 11.1. The molecule has 0 radical (unpaired) electrons. The van der Waals surface area contributed by atoms with Crippen LogP contribution in [-0.2, 0) is 0 Å². The average Bonchev–Trinajstić information content (AvgIpc) is 2.32. The lowest BCUT2D eigenvalue weighted by atomic mass is 10.0. The molecule has 0 atom stereocenters. The fourth-order valence-electron chi connectivity index (χ4n) is 1.75. The third-order valence-electron chi connectivity index (χ3n) is 2.89. The Morgan fingerprint density at radius 1 is 1.35 bits per heavy atom. The standard InChI is InChI=1S/C14H21NO2/c1-5-8-15-9-13(16)12-7-6-10(2)11(3)14(12)17-4/h6-7,15H,5,8-9H2,1-4H3. The lowest BCUT2D eigenvalue weighted by Gasteiger charge is -2.12. The number of ketones is 1. The van der Waals surface area contributed by atoms with Gasteiger partial charge in [-0.1, -0.05) is 13.0 Å². The monoisotopic (exact) mass is 235 g/mol. The number of carbonyl (C=O) groups excluding carboxylic acids is 1. The van der Waals surface area contributed by atoms with Crippen LogP contribution >= 0.6 is 0 Å². The van der Waals surface area contributed by atoms with Gasteiger partial charge < -0.3 is 10.1 Å². The fraction of sp³-hybridized carbons (Fsp3) is 0.500. The van der Waals surface area contributed by atoms with Gasteiger partial charge in [-0.2, -0.15) is 0 Å². The van der Waals surface area contributed by atoms with Gasteiger partial charge in [0.25, 0.3) is 0 Å². The maximum atomic E-state index is 12.0. The predicted molar refractivity (Wildman–Crippen MR) is 70.0 cm³/mol. The summed E-state index contributed by atoms with van der Waals surface area (Å²) in [5, 5.41) is 3.11. The summed E-state index contributed by atoms with van der Waals surface area (Å²) in [5.74, 6) is 0.784. The predicted octanol–water partition coefficient (Wildman–Crippen LogP) is 2.49. The summed E-state index contributed by atoms with van der Waals surface area (Å²) in [4.78, 5) is 12.0. The van der Waals surface area contributed by atoms with Crippen molar-refractivity contribution in [2.75, 3.05) is 20.2 Å². The summed E-state index contributed by atoms with van der Waals surface area (Å²) in [5.41, 5.74) is 2.84. The van der Waals surface area contributed by atoms with Crippen molar-refractivity contribution in [2.45, 2.75) is 27.2 Å². The number of benzene rings is 1. The minimum atomic E-state index is 0.0819. The first-order chi connectivity index (χ1) is 8.11. The van der Waals surface area contributed by atoms with Gasteiger partial charge in [0.15, 0.2) is 5.78 Å². The first kappa shape index (κ1) is 13.7. The summed E-state index contributed by atoms with van der Waals surface area (Å²) in [7, 11) is 1.61. The van der Waals surface area contributed by atoms with Crippen LogP contribution in [0.4, 0.5) is 0 Å². The molecule has 0 bridgehead atoms. The third-order valence-corrected chi connectivity index (χ3v) is 2.89. The van der Waals surface area contributed by atoms with E-state index in [1.165, 1.54) is 0 Å². The molecular weight excluding hydrogens is 214 g/mol. The Bertz CT molecular complexity index is 399. The molecule has 0 spiro atoms. The molecule has 0 aliphatic rings. The molecule has 1 rings (SSSR count). The van der Waals surface area contributed by atoms with E-state index in [0.29, 0.717) is 17.9 Å². The van der Waals surface area contributed by atoms with Crippen molar-refractivity contribution in [3.63, 3.8) is 0 Å². The Kier molecular flexibility index (Phi) is 5.16. The Hall–Kier alpha value is -1.35. The number of ether oxygens (including phenoxy) is 1. The van der Waals surface area contributed by atoms with E-state index in [2.05, 4.69) is 12.2 Å². The van der Waals surface area contributed by atoms with Crippen molar-refractivity contribution in [1.29, 1.82) is 0 Å².